The van der Waals surface area contributed by atoms with Crippen LogP contribution in [0.2, 0.25) is 5.02 Å². The molecule has 2 heterocycles. The van der Waals surface area contributed by atoms with Crippen LogP contribution in [0.5, 0.6) is 0 Å². The van der Waals surface area contributed by atoms with E-state index in [4.69, 9.17) is 21.5 Å². The van der Waals surface area contributed by atoms with Gasteiger partial charge in [0.15, 0.2) is 0 Å². The van der Waals surface area contributed by atoms with E-state index >= 15 is 0 Å². The number of benzene rings is 2. The van der Waals surface area contributed by atoms with Crippen molar-refractivity contribution in [2.75, 3.05) is 25.5 Å². The van der Waals surface area contributed by atoms with E-state index < -0.39 is 39.3 Å². The minimum absolute atomic E-state index is 0.00946. The van der Waals surface area contributed by atoms with Crippen molar-refractivity contribution in [1.29, 1.82) is 0 Å². The molecule has 8 nitrogen and oxygen atoms in total. The summed E-state index contributed by atoms with van der Waals surface area (Å²) < 4.78 is 58.6. The van der Waals surface area contributed by atoms with E-state index in [0.717, 1.165) is 16.2 Å². The zero-order valence-corrected chi connectivity index (χ0v) is 21.9. The third-order valence-corrected chi connectivity index (χ3v) is 9.07. The molecule has 1 aromatic heterocycles. The van der Waals surface area contributed by atoms with Crippen LogP contribution in [-0.2, 0) is 19.6 Å². The fourth-order valence-corrected chi connectivity index (χ4v) is 6.67. The molecule has 0 bridgehead atoms. The third-order valence-electron chi connectivity index (χ3n) is 5.79. The van der Waals surface area contributed by atoms with Gasteiger partial charge in [-0.3, -0.25) is 9.59 Å². The number of hydrogen-bond acceptors (Lipinski definition) is 6. The molecule has 0 spiro atoms. The molecule has 1 aliphatic rings. The lowest BCUT2D eigenvalue weighted by Crippen LogP contribution is -2.41. The Morgan fingerprint density at radius 2 is 1.83 bits per heavy atom. The van der Waals surface area contributed by atoms with Crippen LogP contribution < -0.4 is 9.62 Å². The molecule has 1 saturated heterocycles. The van der Waals surface area contributed by atoms with Gasteiger partial charge in [0.1, 0.15) is 27.6 Å². The Morgan fingerprint density at radius 3 is 2.42 bits per heavy atom. The highest BCUT2D eigenvalue weighted by Crippen LogP contribution is 2.34. The lowest BCUT2D eigenvalue weighted by atomic mass is 10.1. The number of hydrogen-bond donors (Lipinski definition) is 2. The number of carbonyl (C=O) groups is 2. The number of fused-ring (bicyclic) bond motifs is 1. The van der Waals surface area contributed by atoms with E-state index in [1.807, 2.05) is 11.8 Å². The number of nitrogens with one attached hydrogen (secondary N) is 1. The predicted molar refractivity (Wildman–Crippen MR) is 135 cm³/mol. The Hall–Kier alpha value is -2.64. The number of rotatable bonds is 6. The van der Waals surface area contributed by atoms with Gasteiger partial charge in [-0.25, -0.2) is 17.2 Å². The van der Waals surface area contributed by atoms with E-state index in [-0.39, 0.29) is 29.7 Å². The summed E-state index contributed by atoms with van der Waals surface area (Å²) in [5, 5.41) is 8.08. The van der Waals surface area contributed by atoms with Gasteiger partial charge in [-0.1, -0.05) is 17.7 Å². The molecule has 2 unspecified atom stereocenters. The molecular weight excluding hydrogens is 536 g/mol. The molecule has 3 aromatic rings. The summed E-state index contributed by atoms with van der Waals surface area (Å²) >= 11 is 7.00. The maximum absolute atomic E-state index is 14.8. The number of anilines is 1. The minimum Gasteiger partial charge on any atom is -0.483 e. The first kappa shape index (κ1) is 27.9. The number of amides is 1. The first-order valence-corrected chi connectivity index (χ1v) is 13.3. The Labute approximate surface area is 216 Å². The van der Waals surface area contributed by atoms with Gasteiger partial charge in [0, 0.05) is 22.3 Å². The van der Waals surface area contributed by atoms with Gasteiger partial charge >= 0.3 is 0 Å². The minimum atomic E-state index is -4.02. The van der Waals surface area contributed by atoms with Crippen molar-refractivity contribution in [1.82, 2.24) is 9.62 Å². The quantitative estimate of drug-likeness (QED) is 0.438. The second-order valence-corrected chi connectivity index (χ2v) is 11.7. The molecule has 194 valence electrons. The van der Waals surface area contributed by atoms with Gasteiger partial charge in [-0.05, 0) is 68.7 Å². The zero-order chi connectivity index (χ0) is 26.8. The Kier molecular flexibility index (Phi) is 8.67. The summed E-state index contributed by atoms with van der Waals surface area (Å²) in [6.45, 7) is 1.55. The second-order valence-electron chi connectivity index (χ2n) is 8.28. The lowest BCUT2D eigenvalue weighted by molar-refractivity contribution is -0.123. The Bertz CT molecular complexity index is 1370. The number of nitrogens with zero attached hydrogens (tertiary/aromatic N) is 2. The Balaban J connectivity index is 0.00000115. The summed E-state index contributed by atoms with van der Waals surface area (Å²) in [6, 6.07) is 7.59. The fourth-order valence-electron chi connectivity index (χ4n) is 3.75. The molecule has 1 aliphatic heterocycles. The van der Waals surface area contributed by atoms with Gasteiger partial charge in [0.25, 0.3) is 16.5 Å². The van der Waals surface area contributed by atoms with E-state index in [9.17, 15) is 22.0 Å². The molecule has 0 aliphatic carbocycles. The zero-order valence-electron chi connectivity index (χ0n) is 19.5. The number of carbonyl (C=O) groups excluding carboxylic acids is 1. The smallest absolute Gasteiger partial charge is 0.290 e. The number of thiophene rings is 1. The highest BCUT2D eigenvalue weighted by atomic mass is 35.5. The van der Waals surface area contributed by atoms with E-state index in [1.165, 1.54) is 18.2 Å². The Morgan fingerprint density at radius 1 is 1.22 bits per heavy atom. The van der Waals surface area contributed by atoms with Crippen LogP contribution in [0.15, 0.2) is 40.6 Å². The van der Waals surface area contributed by atoms with Crippen molar-refractivity contribution in [3.8, 4) is 0 Å². The molecule has 36 heavy (non-hydrogen) atoms. The molecule has 4 rings (SSSR count). The maximum Gasteiger partial charge on any atom is 0.290 e. The van der Waals surface area contributed by atoms with Crippen LogP contribution in [0, 0.1) is 11.6 Å². The third kappa shape index (κ3) is 5.84. The fraction of sp³-hybridized carbons (Fsp3) is 0.304. The summed E-state index contributed by atoms with van der Waals surface area (Å²) in [6.07, 6.45) is 0.0868. The molecule has 0 saturated carbocycles. The largest absolute Gasteiger partial charge is 0.483 e. The molecule has 2 N–H and O–H groups in total. The second kappa shape index (κ2) is 11.2. The lowest BCUT2D eigenvalue weighted by Gasteiger charge is -2.23. The molecule has 1 fully saturated rings. The van der Waals surface area contributed by atoms with Crippen molar-refractivity contribution < 1.29 is 31.9 Å². The van der Waals surface area contributed by atoms with E-state index in [2.05, 4.69) is 4.72 Å². The van der Waals surface area contributed by atoms with Crippen LogP contribution in [0.4, 0.5) is 14.5 Å². The van der Waals surface area contributed by atoms with Crippen LogP contribution in [0.1, 0.15) is 24.9 Å². The molecule has 0 radical (unpaired) electrons. The monoisotopic (exact) mass is 559 g/mol. The van der Waals surface area contributed by atoms with Crippen molar-refractivity contribution >= 4 is 61.1 Å². The SMILES string of the molecule is CC(c1cc(F)c(N2CCC(NS(=O)(=O)c3cc4ccc(Cl)cc4s3)C2=O)c(F)c1)N(C)C.O=CO. The summed E-state index contributed by atoms with van der Waals surface area (Å²) in [4.78, 5) is 24.0. The average molecular weight is 560 g/mol. The molecule has 2 atom stereocenters. The van der Waals surface area contributed by atoms with Gasteiger partial charge in [-0.15, -0.1) is 11.3 Å². The van der Waals surface area contributed by atoms with Crippen molar-refractivity contribution in [2.45, 2.75) is 29.6 Å². The van der Waals surface area contributed by atoms with Gasteiger partial charge in [0.05, 0.1) is 0 Å². The molecular formula is C23H24ClF2N3O5S2. The van der Waals surface area contributed by atoms with Crippen LogP contribution >= 0.6 is 22.9 Å². The molecule has 13 heteroatoms. The summed E-state index contributed by atoms with van der Waals surface area (Å²) in [5.41, 5.74) is -0.0274. The van der Waals surface area contributed by atoms with Crippen LogP contribution in [0.3, 0.4) is 0 Å². The highest BCUT2D eigenvalue weighted by molar-refractivity contribution is 7.91. The molecule has 1 amide bonds. The van der Waals surface area contributed by atoms with Gasteiger partial charge in [-0.2, -0.15) is 4.72 Å². The van der Waals surface area contributed by atoms with Crippen molar-refractivity contribution in [2.24, 2.45) is 0 Å². The van der Waals surface area contributed by atoms with Crippen LogP contribution in [0.25, 0.3) is 10.1 Å². The average Bonchev–Trinajstić information content (AvgIpc) is 3.37. The van der Waals surface area contributed by atoms with Crippen molar-refractivity contribution in [3.63, 3.8) is 0 Å². The number of sulfonamides is 1. The normalized spacial score (nSPS) is 16.8. The van der Waals surface area contributed by atoms with Gasteiger partial charge in [0.2, 0.25) is 5.91 Å². The standard InChI is InChI=1S/C22H22ClF2N3O3S2.CH2O2/c1-12(27(2)3)14-8-16(24)21(17(25)9-14)28-7-6-18(22(28)29)26-33(30,31)20-10-13-4-5-15(23)11-19(13)32-20;2-1-3/h4-5,8-12,18,26H,6-7H2,1-3H3;1H,(H,2,3). The topological polar surface area (TPSA) is 107 Å². The van der Waals surface area contributed by atoms with E-state index in [0.29, 0.717) is 20.7 Å². The summed E-state index contributed by atoms with van der Waals surface area (Å²) in [5.74, 6) is -2.43. The first-order valence-electron chi connectivity index (χ1n) is 10.7. The molecule has 2 aromatic carbocycles. The van der Waals surface area contributed by atoms with Crippen molar-refractivity contribution in [3.05, 3.63) is 58.6 Å². The van der Waals surface area contributed by atoms with E-state index in [1.54, 1.807) is 32.3 Å². The summed E-state index contributed by atoms with van der Waals surface area (Å²) in [7, 11) is -0.436. The maximum atomic E-state index is 14.8. The first-order chi connectivity index (χ1) is 16.9. The number of carboxylic acid groups (broad SMARTS) is 1. The van der Waals surface area contributed by atoms with Gasteiger partial charge < -0.3 is 14.9 Å². The highest BCUT2D eigenvalue weighted by Gasteiger charge is 2.38. The van der Waals surface area contributed by atoms with Crippen LogP contribution in [-0.4, -0.2) is 57.5 Å². The number of halogens is 3. The predicted octanol–water partition coefficient (Wildman–Crippen LogP) is 4.24.